The fraction of sp³-hybridized carbons (Fsp3) is 0.265. The van der Waals surface area contributed by atoms with Gasteiger partial charge in [-0.15, -0.1) is 12.4 Å². The van der Waals surface area contributed by atoms with Crippen molar-refractivity contribution in [3.05, 3.63) is 144 Å². The number of pyridine rings is 1. The summed E-state index contributed by atoms with van der Waals surface area (Å²) in [6.07, 6.45) is 3.73. The Labute approximate surface area is 337 Å². The first-order chi connectivity index (χ1) is 26.5. The van der Waals surface area contributed by atoms with Gasteiger partial charge in [-0.25, -0.2) is 4.98 Å². The van der Waals surface area contributed by atoms with Crippen molar-refractivity contribution in [2.75, 3.05) is 16.5 Å². The molecule has 0 aliphatic carbocycles. The summed E-state index contributed by atoms with van der Waals surface area (Å²) in [6, 6.07) is 42.9. The molecule has 0 saturated carbocycles. The Bertz CT molecular complexity index is 2540. The quantitative estimate of drug-likeness (QED) is 0.147. The van der Waals surface area contributed by atoms with Crippen LogP contribution in [0, 0.1) is 23.2 Å². The maximum Gasteiger partial charge on any atom is 0.137 e. The number of benzene rings is 5. The number of hydrogen-bond donors (Lipinski definition) is 0. The molecule has 0 unspecified atom stereocenters. The molecule has 0 atom stereocenters. The first-order valence-electron chi connectivity index (χ1n) is 19.5. The number of ether oxygens (including phenoxy) is 1. The number of fused-ring (bicyclic) bond motifs is 4. The van der Waals surface area contributed by atoms with Gasteiger partial charge in [0.15, 0.2) is 0 Å². The van der Waals surface area contributed by atoms with Crippen molar-refractivity contribution in [1.29, 1.82) is 5.26 Å². The molecule has 7 heteroatoms. The van der Waals surface area contributed by atoms with Crippen LogP contribution in [-0.2, 0) is 18.3 Å². The van der Waals surface area contributed by atoms with Gasteiger partial charge >= 0.3 is 0 Å². The summed E-state index contributed by atoms with van der Waals surface area (Å²) in [6.45, 7) is 16.4. The lowest BCUT2D eigenvalue weighted by Crippen LogP contribution is -2.26. The van der Waals surface area contributed by atoms with E-state index in [9.17, 15) is 5.26 Å². The van der Waals surface area contributed by atoms with Gasteiger partial charge in [0.1, 0.15) is 24.0 Å². The van der Waals surface area contributed by atoms with Crippen molar-refractivity contribution in [1.82, 2.24) is 9.55 Å². The maximum absolute atomic E-state index is 9.96. The lowest BCUT2D eigenvalue weighted by Gasteiger charge is -2.28. The number of hydrogen-bond acceptors (Lipinski definition) is 5. The Morgan fingerprint density at radius 2 is 1.30 bits per heavy atom. The molecule has 0 bridgehead atoms. The lowest BCUT2D eigenvalue weighted by molar-refractivity contribution is 0.483. The van der Waals surface area contributed by atoms with Crippen molar-refractivity contribution in [2.24, 2.45) is 11.8 Å². The number of nitrogens with zero attached hydrogens (tertiary/aromatic N) is 5. The van der Waals surface area contributed by atoms with E-state index in [1.807, 2.05) is 6.20 Å². The second kappa shape index (κ2) is 15.4. The minimum Gasteiger partial charge on any atom is -0.457 e. The highest BCUT2D eigenvalue weighted by Gasteiger charge is 2.31. The summed E-state index contributed by atoms with van der Waals surface area (Å²) in [5.74, 6) is 3.36. The van der Waals surface area contributed by atoms with Gasteiger partial charge in [0, 0.05) is 34.4 Å². The number of anilines is 4. The highest BCUT2D eigenvalue weighted by molar-refractivity contribution is 6.09. The average Bonchev–Trinajstić information content (AvgIpc) is 3.70. The molecule has 3 heterocycles. The summed E-state index contributed by atoms with van der Waals surface area (Å²) >= 11 is 0. The van der Waals surface area contributed by atoms with Gasteiger partial charge in [0.2, 0.25) is 0 Å². The standard InChI is InChI=1S/C49H49N5O.ClH/c1-32(2)24-35-26-34(30-50)27-36(25-33(3)4)48(35)53-31-52(44-14-10-11-15-45(44)53)38-16-18-39(19-17-38)55-40-20-21-42-41-12-8-9-13-43(41)54(46(42)29-40)47-28-37(22-23-51-47)49(5,6)7;/h8-23,26-29,32-33H,24-25,31H2,1-7H3;1H. The van der Waals surface area contributed by atoms with Crippen LogP contribution in [0.25, 0.3) is 27.6 Å². The van der Waals surface area contributed by atoms with Gasteiger partial charge < -0.3 is 14.5 Å². The van der Waals surface area contributed by atoms with Crippen molar-refractivity contribution in [3.8, 4) is 23.4 Å². The van der Waals surface area contributed by atoms with Crippen LogP contribution in [0.5, 0.6) is 11.5 Å². The number of rotatable bonds is 9. The highest BCUT2D eigenvalue weighted by Crippen LogP contribution is 2.47. The molecule has 284 valence electrons. The van der Waals surface area contributed by atoms with E-state index in [4.69, 9.17) is 9.72 Å². The Kier molecular flexibility index (Phi) is 10.6. The zero-order valence-corrected chi connectivity index (χ0v) is 34.2. The van der Waals surface area contributed by atoms with Crippen molar-refractivity contribution < 1.29 is 4.74 Å². The van der Waals surface area contributed by atoms with Crippen LogP contribution >= 0.6 is 12.4 Å². The summed E-state index contributed by atoms with van der Waals surface area (Å²) in [7, 11) is 0. The van der Waals surface area contributed by atoms with Crippen molar-refractivity contribution >= 4 is 57.0 Å². The Balaban J connectivity index is 0.00000480. The smallest absolute Gasteiger partial charge is 0.137 e. The van der Waals surface area contributed by atoms with E-state index < -0.39 is 0 Å². The molecule has 8 rings (SSSR count). The van der Waals surface area contributed by atoms with Gasteiger partial charge in [-0.1, -0.05) is 78.8 Å². The Morgan fingerprint density at radius 1 is 0.696 bits per heavy atom. The van der Waals surface area contributed by atoms with Gasteiger partial charge in [0.05, 0.1) is 34.0 Å². The van der Waals surface area contributed by atoms with Crippen LogP contribution < -0.4 is 14.5 Å². The van der Waals surface area contributed by atoms with E-state index >= 15 is 0 Å². The SMILES string of the molecule is CC(C)Cc1cc(C#N)cc(CC(C)C)c1N1CN(c2ccc(Oc3ccc4c5ccccc5n(-c5cc(C(C)(C)C)ccn5)c4c3)cc2)c2ccccc21.Cl. The topological polar surface area (TPSA) is 57.3 Å². The molecule has 0 N–H and O–H groups in total. The van der Waals surface area contributed by atoms with E-state index in [1.165, 1.54) is 33.5 Å². The molecular weight excluding hydrogens is 710 g/mol. The van der Waals surface area contributed by atoms with Crippen LogP contribution in [0.1, 0.15) is 70.7 Å². The fourth-order valence-corrected chi connectivity index (χ4v) is 8.09. The molecule has 6 nitrogen and oxygen atoms in total. The third kappa shape index (κ3) is 7.32. The molecule has 0 spiro atoms. The largest absolute Gasteiger partial charge is 0.457 e. The number of aromatic nitrogens is 2. The van der Waals surface area contributed by atoms with Crippen LogP contribution in [0.2, 0.25) is 0 Å². The van der Waals surface area contributed by atoms with Gasteiger partial charge in [-0.05, 0) is 126 Å². The van der Waals surface area contributed by atoms with Crippen molar-refractivity contribution in [3.63, 3.8) is 0 Å². The Hall–Kier alpha value is -5.77. The molecule has 0 radical (unpaired) electrons. The second-order valence-corrected chi connectivity index (χ2v) is 16.7. The van der Waals surface area contributed by atoms with Crippen LogP contribution in [0.15, 0.2) is 121 Å². The predicted octanol–water partition coefficient (Wildman–Crippen LogP) is 13.2. The Morgan fingerprint density at radius 3 is 1.95 bits per heavy atom. The van der Waals surface area contributed by atoms with E-state index in [1.54, 1.807) is 0 Å². The van der Waals surface area contributed by atoms with Crippen LogP contribution in [-0.4, -0.2) is 16.2 Å². The lowest BCUT2D eigenvalue weighted by atomic mass is 9.88. The first kappa shape index (κ1) is 38.5. The molecule has 1 aliphatic rings. The second-order valence-electron chi connectivity index (χ2n) is 16.7. The van der Waals surface area contributed by atoms with E-state index in [-0.39, 0.29) is 17.8 Å². The minimum atomic E-state index is 0. The highest BCUT2D eigenvalue weighted by atomic mass is 35.5. The van der Waals surface area contributed by atoms with E-state index in [0.717, 1.165) is 63.5 Å². The molecule has 1 aliphatic heterocycles. The van der Waals surface area contributed by atoms with Gasteiger partial charge in [-0.3, -0.25) is 4.57 Å². The minimum absolute atomic E-state index is 0. The molecule has 0 fully saturated rings. The molecule has 56 heavy (non-hydrogen) atoms. The maximum atomic E-state index is 9.96. The normalized spacial score (nSPS) is 12.7. The van der Waals surface area contributed by atoms with E-state index in [2.05, 4.69) is 184 Å². The fourth-order valence-electron chi connectivity index (χ4n) is 8.09. The van der Waals surface area contributed by atoms with Crippen LogP contribution in [0.3, 0.4) is 0 Å². The van der Waals surface area contributed by atoms with E-state index in [0.29, 0.717) is 18.5 Å². The molecule has 2 aromatic heterocycles. The van der Waals surface area contributed by atoms with Crippen LogP contribution in [0.4, 0.5) is 22.7 Å². The molecule has 7 aromatic rings. The molecular formula is C49H50ClN5O. The van der Waals surface area contributed by atoms with Gasteiger partial charge in [-0.2, -0.15) is 5.26 Å². The van der Waals surface area contributed by atoms with Crippen molar-refractivity contribution in [2.45, 2.75) is 66.7 Å². The summed E-state index contributed by atoms with van der Waals surface area (Å²) in [5, 5.41) is 12.3. The first-order valence-corrected chi connectivity index (χ1v) is 19.5. The monoisotopic (exact) mass is 759 g/mol. The third-order valence-electron chi connectivity index (χ3n) is 10.5. The summed E-state index contributed by atoms with van der Waals surface area (Å²) < 4.78 is 8.82. The van der Waals surface area contributed by atoms with Gasteiger partial charge in [0.25, 0.3) is 0 Å². The molecule has 5 aromatic carbocycles. The zero-order valence-electron chi connectivity index (χ0n) is 33.4. The number of halogens is 1. The predicted molar refractivity (Wildman–Crippen MR) is 235 cm³/mol. The third-order valence-corrected chi connectivity index (χ3v) is 10.5. The summed E-state index contributed by atoms with van der Waals surface area (Å²) in [5.41, 5.74) is 11.3. The number of para-hydroxylation sites is 3. The summed E-state index contributed by atoms with van der Waals surface area (Å²) in [4.78, 5) is 9.67. The number of nitriles is 1. The zero-order chi connectivity index (χ0) is 38.4. The molecule has 0 saturated heterocycles. The molecule has 0 amide bonds. The average molecular weight is 760 g/mol.